The van der Waals surface area contributed by atoms with Crippen molar-refractivity contribution in [1.82, 2.24) is 9.88 Å². The van der Waals surface area contributed by atoms with E-state index in [1.165, 1.54) is 5.56 Å². The van der Waals surface area contributed by atoms with E-state index in [0.29, 0.717) is 19.0 Å². The second-order valence-electron chi connectivity index (χ2n) is 7.54. The number of carbonyl (C=O) groups is 2. The number of aromatic nitrogens is 1. The third-order valence-electron chi connectivity index (χ3n) is 5.35. The molecule has 0 spiro atoms. The Morgan fingerprint density at radius 1 is 1.04 bits per heavy atom. The lowest BCUT2D eigenvalue weighted by Gasteiger charge is -2.31. The van der Waals surface area contributed by atoms with Crippen molar-refractivity contribution in [3.63, 3.8) is 0 Å². The second-order valence-corrected chi connectivity index (χ2v) is 8.59. The van der Waals surface area contributed by atoms with Crippen molar-refractivity contribution in [3.05, 3.63) is 54.4 Å². The van der Waals surface area contributed by atoms with Crippen molar-refractivity contribution in [3.8, 4) is 0 Å². The molecule has 1 saturated heterocycles. The number of anilines is 1. The molecule has 1 aromatic carbocycles. The summed E-state index contributed by atoms with van der Waals surface area (Å²) in [6.07, 6.45) is 7.24. The number of thioether (sulfide) groups is 1. The first-order valence-corrected chi connectivity index (χ1v) is 10.9. The second kappa shape index (κ2) is 8.78. The Bertz CT molecular complexity index is 813. The molecular weight excluding hydrogens is 370 g/mol. The van der Waals surface area contributed by atoms with Crippen molar-refractivity contribution < 1.29 is 9.59 Å². The predicted molar refractivity (Wildman–Crippen MR) is 111 cm³/mol. The lowest BCUT2D eigenvalue weighted by molar-refractivity contribution is -0.135. The Morgan fingerprint density at radius 2 is 1.79 bits per heavy atom. The monoisotopic (exact) mass is 395 g/mol. The summed E-state index contributed by atoms with van der Waals surface area (Å²) in [7, 11) is 0. The molecule has 2 amide bonds. The van der Waals surface area contributed by atoms with E-state index in [4.69, 9.17) is 0 Å². The molecule has 4 rings (SSSR count). The van der Waals surface area contributed by atoms with Crippen molar-refractivity contribution >= 4 is 29.3 Å². The molecule has 0 unspecified atom stereocenters. The molecule has 2 aliphatic rings. The number of pyridine rings is 1. The molecular formula is C22H25N3O2S. The van der Waals surface area contributed by atoms with E-state index in [2.05, 4.69) is 16.4 Å². The number of nitrogens with one attached hydrogen (secondary N) is 1. The summed E-state index contributed by atoms with van der Waals surface area (Å²) in [5.41, 5.74) is 2.02. The first-order valence-electron chi connectivity index (χ1n) is 9.90. The van der Waals surface area contributed by atoms with Crippen molar-refractivity contribution in [2.24, 2.45) is 11.8 Å². The van der Waals surface area contributed by atoms with Crippen molar-refractivity contribution in [2.75, 3.05) is 18.4 Å². The number of nitrogens with zero attached hydrogens (tertiary/aromatic N) is 2. The van der Waals surface area contributed by atoms with Gasteiger partial charge in [0.05, 0.1) is 0 Å². The zero-order valence-corrected chi connectivity index (χ0v) is 16.7. The lowest BCUT2D eigenvalue weighted by atomic mass is 9.95. The highest BCUT2D eigenvalue weighted by Crippen LogP contribution is 2.32. The normalized spacial score (nSPS) is 17.4. The van der Waals surface area contributed by atoms with Crippen molar-refractivity contribution in [1.29, 1.82) is 0 Å². The topological polar surface area (TPSA) is 62.3 Å². The summed E-state index contributed by atoms with van der Waals surface area (Å²) < 4.78 is 0. The zero-order chi connectivity index (χ0) is 19.3. The molecule has 5 nitrogen and oxygen atoms in total. The van der Waals surface area contributed by atoms with Crippen LogP contribution < -0.4 is 5.32 Å². The van der Waals surface area contributed by atoms with Crippen LogP contribution in [0.4, 0.5) is 5.69 Å². The molecule has 2 aromatic rings. The molecule has 1 aliphatic heterocycles. The van der Waals surface area contributed by atoms with E-state index in [1.54, 1.807) is 18.0 Å². The summed E-state index contributed by atoms with van der Waals surface area (Å²) in [6, 6.07) is 12.0. The van der Waals surface area contributed by atoms with Gasteiger partial charge in [0.25, 0.3) is 0 Å². The van der Waals surface area contributed by atoms with Crippen LogP contribution in [-0.2, 0) is 15.3 Å². The minimum atomic E-state index is -0.0112. The summed E-state index contributed by atoms with van der Waals surface area (Å²) in [5.74, 6) is 1.48. The molecule has 1 aromatic heterocycles. The van der Waals surface area contributed by atoms with Gasteiger partial charge in [0.2, 0.25) is 11.8 Å². The number of carbonyl (C=O) groups excluding carboxylic acids is 2. The largest absolute Gasteiger partial charge is 0.342 e. The molecule has 1 aliphatic carbocycles. The van der Waals surface area contributed by atoms with Gasteiger partial charge in [-0.05, 0) is 61.6 Å². The van der Waals surface area contributed by atoms with Crippen molar-refractivity contribution in [2.45, 2.75) is 36.3 Å². The van der Waals surface area contributed by atoms with Gasteiger partial charge in [-0.25, -0.2) is 0 Å². The van der Waals surface area contributed by atoms with Gasteiger partial charge in [-0.3, -0.25) is 14.6 Å². The zero-order valence-electron chi connectivity index (χ0n) is 15.8. The average Bonchev–Trinajstić information content (AvgIpc) is 3.59. The molecule has 146 valence electrons. The van der Waals surface area contributed by atoms with Crippen LogP contribution in [0.15, 0.2) is 53.7 Å². The maximum Gasteiger partial charge on any atom is 0.227 e. The number of likely N-dealkylation sites (tertiary alicyclic amines) is 1. The number of piperidine rings is 1. The van der Waals surface area contributed by atoms with Crippen LogP contribution >= 0.6 is 11.8 Å². The highest BCUT2D eigenvalue weighted by atomic mass is 32.2. The van der Waals surface area contributed by atoms with E-state index in [0.717, 1.165) is 42.0 Å². The number of amides is 2. The summed E-state index contributed by atoms with van der Waals surface area (Å²) in [6.45, 7) is 1.41. The Balaban J connectivity index is 1.24. The van der Waals surface area contributed by atoms with Gasteiger partial charge in [-0.2, -0.15) is 0 Å². The van der Waals surface area contributed by atoms with Gasteiger partial charge < -0.3 is 10.2 Å². The molecule has 2 fully saturated rings. The van der Waals surface area contributed by atoms with Gasteiger partial charge in [0.15, 0.2) is 0 Å². The standard InChI is InChI=1S/C22H25N3O2S/c26-21(17-9-12-25(13-10-17)22(27)18-3-4-18)24-19-5-7-20(8-6-19)28-15-16-2-1-11-23-14-16/h1-2,5-8,11,14,17-18H,3-4,9-10,12-13,15H2,(H,24,26). The van der Waals surface area contributed by atoms with E-state index in [1.807, 2.05) is 41.4 Å². The van der Waals surface area contributed by atoms with Crippen LogP contribution in [0.2, 0.25) is 0 Å². The first-order chi connectivity index (χ1) is 13.7. The smallest absolute Gasteiger partial charge is 0.227 e. The molecule has 1 N–H and O–H groups in total. The van der Waals surface area contributed by atoms with E-state index < -0.39 is 0 Å². The number of benzene rings is 1. The summed E-state index contributed by atoms with van der Waals surface area (Å²) in [4.78, 5) is 31.9. The number of hydrogen-bond donors (Lipinski definition) is 1. The van der Waals surface area contributed by atoms with Crippen LogP contribution in [0.25, 0.3) is 0 Å². The fraction of sp³-hybridized carbons (Fsp3) is 0.409. The molecule has 1 saturated carbocycles. The van der Waals surface area contributed by atoms with Gasteiger partial charge in [-0.15, -0.1) is 11.8 Å². The molecule has 28 heavy (non-hydrogen) atoms. The van der Waals surface area contributed by atoms with Gasteiger partial charge >= 0.3 is 0 Å². The van der Waals surface area contributed by atoms with Crippen LogP contribution in [0, 0.1) is 11.8 Å². The maximum absolute atomic E-state index is 12.6. The van der Waals surface area contributed by atoms with Crippen LogP contribution in [0.1, 0.15) is 31.2 Å². The third kappa shape index (κ3) is 4.93. The number of hydrogen-bond acceptors (Lipinski definition) is 4. The Kier molecular flexibility index (Phi) is 5.95. The maximum atomic E-state index is 12.6. The third-order valence-corrected chi connectivity index (χ3v) is 6.44. The number of rotatable bonds is 6. The van der Waals surface area contributed by atoms with E-state index in [-0.39, 0.29) is 17.7 Å². The summed E-state index contributed by atoms with van der Waals surface area (Å²) in [5, 5.41) is 3.03. The average molecular weight is 396 g/mol. The fourth-order valence-corrected chi connectivity index (χ4v) is 4.31. The molecule has 0 bridgehead atoms. The molecule has 0 radical (unpaired) electrons. The minimum Gasteiger partial charge on any atom is -0.342 e. The van der Waals surface area contributed by atoms with E-state index >= 15 is 0 Å². The highest BCUT2D eigenvalue weighted by Gasteiger charge is 2.35. The molecule has 6 heteroatoms. The quantitative estimate of drug-likeness (QED) is 0.752. The van der Waals surface area contributed by atoms with Gasteiger partial charge in [0, 0.05) is 53.7 Å². The summed E-state index contributed by atoms with van der Waals surface area (Å²) >= 11 is 1.75. The van der Waals surface area contributed by atoms with Crippen LogP contribution in [0.3, 0.4) is 0 Å². The Hall–Kier alpha value is -2.34. The minimum absolute atomic E-state index is 0.0112. The molecule has 0 atom stereocenters. The van der Waals surface area contributed by atoms with Crippen LogP contribution in [0.5, 0.6) is 0 Å². The van der Waals surface area contributed by atoms with Gasteiger partial charge in [0.1, 0.15) is 0 Å². The Morgan fingerprint density at radius 3 is 2.43 bits per heavy atom. The Labute approximate surface area is 169 Å². The lowest BCUT2D eigenvalue weighted by Crippen LogP contribution is -2.42. The first kappa shape index (κ1) is 19.0. The van der Waals surface area contributed by atoms with Crippen LogP contribution in [-0.4, -0.2) is 34.8 Å². The fourth-order valence-electron chi connectivity index (χ4n) is 3.48. The predicted octanol–water partition coefficient (Wildman–Crippen LogP) is 3.96. The highest BCUT2D eigenvalue weighted by molar-refractivity contribution is 7.98. The van der Waals surface area contributed by atoms with Gasteiger partial charge in [-0.1, -0.05) is 6.07 Å². The SMILES string of the molecule is O=C(Nc1ccc(SCc2cccnc2)cc1)C1CCN(C(=O)C2CC2)CC1. The molecule has 2 heterocycles. The van der Waals surface area contributed by atoms with E-state index in [9.17, 15) is 9.59 Å².